The summed E-state index contributed by atoms with van der Waals surface area (Å²) in [6.07, 6.45) is 1.78. The molecular weight excluding hydrogens is 266 g/mol. The molecule has 19 heavy (non-hydrogen) atoms. The van der Waals surface area contributed by atoms with Gasteiger partial charge in [-0.3, -0.25) is 0 Å². The second-order valence-electron chi connectivity index (χ2n) is 4.83. The number of sulfonamides is 1. The van der Waals surface area contributed by atoms with Gasteiger partial charge in [-0.2, -0.15) is 0 Å². The largest absolute Gasteiger partial charge is 0.398 e. The number of amides is 2. The van der Waals surface area contributed by atoms with Crippen molar-refractivity contribution in [2.45, 2.75) is 37.6 Å². The van der Waals surface area contributed by atoms with Gasteiger partial charge in [-0.15, -0.1) is 0 Å². The van der Waals surface area contributed by atoms with Crippen LogP contribution in [-0.4, -0.2) is 20.5 Å². The van der Waals surface area contributed by atoms with Gasteiger partial charge in [0.05, 0.1) is 5.69 Å². The Balaban J connectivity index is 2.23. The highest BCUT2D eigenvalue weighted by Gasteiger charge is 2.26. The van der Waals surface area contributed by atoms with Crippen molar-refractivity contribution in [3.8, 4) is 0 Å². The van der Waals surface area contributed by atoms with Crippen LogP contribution in [0.25, 0.3) is 0 Å². The summed E-state index contributed by atoms with van der Waals surface area (Å²) in [4.78, 5) is 11.4. The van der Waals surface area contributed by atoms with Crippen LogP contribution in [0.1, 0.15) is 24.0 Å². The molecule has 104 valence electrons. The molecule has 0 spiro atoms. The molecule has 0 aromatic heterocycles. The third kappa shape index (κ3) is 3.17. The molecule has 7 heteroatoms. The number of aryl methyl sites for hydroxylation is 2. The molecule has 0 bridgehead atoms. The maximum Gasteiger partial charge on any atom is 0.328 e. The number of benzene rings is 1. The van der Waals surface area contributed by atoms with E-state index in [1.807, 2.05) is 11.6 Å². The van der Waals surface area contributed by atoms with Crippen LogP contribution in [-0.2, 0) is 10.0 Å². The van der Waals surface area contributed by atoms with Gasteiger partial charge in [0.15, 0.2) is 0 Å². The maximum absolute atomic E-state index is 12.1. The summed E-state index contributed by atoms with van der Waals surface area (Å²) in [7, 11) is -3.93. The normalized spacial score (nSPS) is 15.1. The van der Waals surface area contributed by atoms with Crippen molar-refractivity contribution in [3.63, 3.8) is 0 Å². The van der Waals surface area contributed by atoms with E-state index in [1.54, 1.807) is 13.0 Å². The van der Waals surface area contributed by atoms with E-state index >= 15 is 0 Å². The lowest BCUT2D eigenvalue weighted by Crippen LogP contribution is -2.40. The lowest BCUT2D eigenvalue weighted by atomic mass is 10.1. The Morgan fingerprint density at radius 2 is 1.84 bits per heavy atom. The summed E-state index contributed by atoms with van der Waals surface area (Å²) < 4.78 is 26.1. The van der Waals surface area contributed by atoms with Crippen molar-refractivity contribution in [2.75, 3.05) is 5.73 Å². The molecule has 1 fully saturated rings. The van der Waals surface area contributed by atoms with Gasteiger partial charge in [-0.05, 0) is 49.9 Å². The van der Waals surface area contributed by atoms with E-state index in [1.165, 1.54) is 6.07 Å². The number of rotatable bonds is 3. The standard InChI is InChI=1S/C12H17N3O3S/c1-7-5-10(13)11(6-8(7)2)19(17,18)15-12(16)14-9-3-4-9/h5-6,9H,3-4,13H2,1-2H3,(H2,14,15,16). The summed E-state index contributed by atoms with van der Waals surface area (Å²) in [6.45, 7) is 3.63. The number of anilines is 1. The van der Waals surface area contributed by atoms with Gasteiger partial charge in [-0.1, -0.05) is 0 Å². The first-order valence-corrected chi connectivity index (χ1v) is 7.48. The summed E-state index contributed by atoms with van der Waals surface area (Å²) in [5, 5.41) is 2.56. The summed E-state index contributed by atoms with van der Waals surface area (Å²) in [5.41, 5.74) is 7.55. The fourth-order valence-corrected chi connectivity index (χ4v) is 2.78. The molecule has 0 heterocycles. The molecule has 0 atom stereocenters. The molecule has 0 saturated heterocycles. The van der Waals surface area contributed by atoms with Gasteiger partial charge in [0.25, 0.3) is 10.0 Å². The molecule has 1 aromatic carbocycles. The smallest absolute Gasteiger partial charge is 0.328 e. The third-order valence-corrected chi connectivity index (χ3v) is 4.44. The average molecular weight is 283 g/mol. The average Bonchev–Trinajstić information content (AvgIpc) is 3.05. The third-order valence-electron chi connectivity index (χ3n) is 3.06. The van der Waals surface area contributed by atoms with Crippen LogP contribution in [0.3, 0.4) is 0 Å². The van der Waals surface area contributed by atoms with E-state index in [4.69, 9.17) is 5.73 Å². The van der Waals surface area contributed by atoms with Crippen molar-refractivity contribution in [1.82, 2.24) is 10.0 Å². The van der Waals surface area contributed by atoms with Gasteiger partial charge in [0, 0.05) is 6.04 Å². The number of nitrogens with one attached hydrogen (secondary N) is 2. The predicted octanol–water partition coefficient (Wildman–Crippen LogP) is 1.04. The fraction of sp³-hybridized carbons (Fsp3) is 0.417. The van der Waals surface area contributed by atoms with Crippen LogP contribution in [0.5, 0.6) is 0 Å². The Hall–Kier alpha value is -1.76. The Bertz CT molecular complexity index is 621. The molecule has 1 aliphatic carbocycles. The van der Waals surface area contributed by atoms with E-state index in [9.17, 15) is 13.2 Å². The zero-order valence-electron chi connectivity index (χ0n) is 10.9. The summed E-state index contributed by atoms with van der Waals surface area (Å²) in [5.74, 6) is 0. The number of nitrogen functional groups attached to an aromatic ring is 1. The minimum Gasteiger partial charge on any atom is -0.398 e. The van der Waals surface area contributed by atoms with Gasteiger partial charge in [0.1, 0.15) is 4.90 Å². The molecule has 0 aliphatic heterocycles. The molecule has 4 N–H and O–H groups in total. The molecule has 1 aliphatic rings. The van der Waals surface area contributed by atoms with Crippen molar-refractivity contribution in [1.29, 1.82) is 0 Å². The quantitative estimate of drug-likeness (QED) is 0.721. The number of hydrogen-bond donors (Lipinski definition) is 3. The number of hydrogen-bond acceptors (Lipinski definition) is 4. The number of carbonyl (C=O) groups is 1. The number of urea groups is 1. The first kappa shape index (κ1) is 13.7. The van der Waals surface area contributed by atoms with E-state index in [0.717, 1.165) is 24.0 Å². The molecule has 0 unspecified atom stereocenters. The number of nitrogens with two attached hydrogens (primary N) is 1. The molecule has 6 nitrogen and oxygen atoms in total. The Morgan fingerprint density at radius 1 is 1.26 bits per heavy atom. The summed E-state index contributed by atoms with van der Waals surface area (Å²) >= 11 is 0. The first-order chi connectivity index (χ1) is 8.79. The highest BCUT2D eigenvalue weighted by molar-refractivity contribution is 7.90. The van der Waals surface area contributed by atoms with E-state index in [-0.39, 0.29) is 16.6 Å². The van der Waals surface area contributed by atoms with E-state index in [2.05, 4.69) is 5.32 Å². The van der Waals surface area contributed by atoms with Crippen LogP contribution >= 0.6 is 0 Å². The van der Waals surface area contributed by atoms with Crippen molar-refractivity contribution >= 4 is 21.7 Å². The van der Waals surface area contributed by atoms with Gasteiger partial charge in [-0.25, -0.2) is 17.9 Å². The lowest BCUT2D eigenvalue weighted by Gasteiger charge is -2.12. The topological polar surface area (TPSA) is 101 Å². The van der Waals surface area contributed by atoms with Gasteiger partial charge >= 0.3 is 6.03 Å². The van der Waals surface area contributed by atoms with Crippen molar-refractivity contribution in [2.24, 2.45) is 0 Å². The zero-order chi connectivity index (χ0) is 14.2. The fourth-order valence-electron chi connectivity index (χ4n) is 1.66. The minimum absolute atomic E-state index is 0.0680. The van der Waals surface area contributed by atoms with Crippen LogP contribution in [0.4, 0.5) is 10.5 Å². The molecular formula is C12H17N3O3S. The maximum atomic E-state index is 12.1. The van der Waals surface area contributed by atoms with Crippen molar-refractivity contribution in [3.05, 3.63) is 23.3 Å². The summed E-state index contributed by atoms with van der Waals surface area (Å²) in [6, 6.07) is 2.44. The van der Waals surface area contributed by atoms with Crippen LogP contribution in [0, 0.1) is 13.8 Å². The van der Waals surface area contributed by atoms with Gasteiger partial charge < -0.3 is 11.1 Å². The molecule has 1 aromatic rings. The van der Waals surface area contributed by atoms with Crippen LogP contribution in [0.15, 0.2) is 17.0 Å². The SMILES string of the molecule is Cc1cc(N)c(S(=O)(=O)NC(=O)NC2CC2)cc1C. The van der Waals surface area contributed by atoms with Crippen LogP contribution in [0.2, 0.25) is 0 Å². The lowest BCUT2D eigenvalue weighted by molar-refractivity contribution is 0.245. The molecule has 1 saturated carbocycles. The first-order valence-electron chi connectivity index (χ1n) is 5.99. The van der Waals surface area contributed by atoms with Crippen molar-refractivity contribution < 1.29 is 13.2 Å². The van der Waals surface area contributed by atoms with E-state index in [0.29, 0.717) is 0 Å². The van der Waals surface area contributed by atoms with Crippen LogP contribution < -0.4 is 15.8 Å². The second kappa shape index (κ2) is 4.73. The number of carbonyl (C=O) groups excluding carboxylic acids is 1. The highest BCUT2D eigenvalue weighted by atomic mass is 32.2. The minimum atomic E-state index is -3.93. The Kier molecular flexibility index (Phi) is 3.40. The zero-order valence-corrected chi connectivity index (χ0v) is 11.7. The molecule has 0 radical (unpaired) electrons. The second-order valence-corrected chi connectivity index (χ2v) is 6.48. The Labute approximate surface area is 112 Å². The van der Waals surface area contributed by atoms with E-state index < -0.39 is 16.1 Å². The monoisotopic (exact) mass is 283 g/mol. The van der Waals surface area contributed by atoms with Gasteiger partial charge in [0.2, 0.25) is 0 Å². The predicted molar refractivity (Wildman–Crippen MR) is 72.2 cm³/mol. The Morgan fingerprint density at radius 3 is 2.42 bits per heavy atom. The molecule has 2 amide bonds. The molecule has 2 rings (SSSR count). The highest BCUT2D eigenvalue weighted by Crippen LogP contribution is 2.23.